The number of nitrogens with zero attached hydrogens (tertiary/aromatic N) is 3. The van der Waals surface area contributed by atoms with Crippen molar-refractivity contribution in [1.29, 1.82) is 0 Å². The molecule has 1 atom stereocenters. The van der Waals surface area contributed by atoms with Crippen LogP contribution in [0.25, 0.3) is 11.5 Å². The lowest BCUT2D eigenvalue weighted by Gasteiger charge is -2.29. The van der Waals surface area contributed by atoms with Crippen LogP contribution >= 0.6 is 11.8 Å². The highest BCUT2D eigenvalue weighted by molar-refractivity contribution is 8.01. The fraction of sp³-hybridized carbons (Fsp3) is 0.250. The van der Waals surface area contributed by atoms with Crippen LogP contribution < -0.4 is 9.62 Å². The molecule has 5 rings (SSSR count). The van der Waals surface area contributed by atoms with Crippen LogP contribution in [0, 0.1) is 0 Å². The number of aromatic nitrogens is 2. The first-order chi connectivity index (χ1) is 18.1. The number of benzene rings is 3. The zero-order valence-corrected chi connectivity index (χ0v) is 22.9. The smallest absolute Gasteiger partial charge is 0.278 e. The third-order valence-corrected chi connectivity index (χ3v) is 9.77. The molecule has 10 heteroatoms. The SMILES string of the molecule is CC(C)(C)S(=O)(=O)NCC1(Sc2nnc(-c3ccccc3)o2)C(=O)N(Cc2ccccc2)c2ccccc21. The zero-order valence-electron chi connectivity index (χ0n) is 21.3. The summed E-state index contributed by atoms with van der Waals surface area (Å²) in [5, 5.41) is 8.55. The Bertz CT molecular complexity index is 1550. The molecule has 0 radical (unpaired) electrons. The van der Waals surface area contributed by atoms with Gasteiger partial charge in [-0.1, -0.05) is 66.7 Å². The second kappa shape index (κ2) is 10.0. The van der Waals surface area contributed by atoms with Gasteiger partial charge in [0.15, 0.2) is 0 Å². The van der Waals surface area contributed by atoms with Crippen LogP contribution in [0.15, 0.2) is 94.6 Å². The monoisotopic (exact) mass is 548 g/mol. The van der Waals surface area contributed by atoms with E-state index >= 15 is 0 Å². The van der Waals surface area contributed by atoms with Crippen molar-refractivity contribution in [2.45, 2.75) is 42.0 Å². The van der Waals surface area contributed by atoms with Crippen LogP contribution in [0.4, 0.5) is 5.69 Å². The van der Waals surface area contributed by atoms with E-state index in [0.29, 0.717) is 23.7 Å². The number of sulfonamides is 1. The van der Waals surface area contributed by atoms with Crippen LogP contribution in [-0.2, 0) is 26.1 Å². The fourth-order valence-electron chi connectivity index (χ4n) is 4.23. The van der Waals surface area contributed by atoms with E-state index in [9.17, 15) is 13.2 Å². The predicted molar refractivity (Wildman–Crippen MR) is 148 cm³/mol. The van der Waals surface area contributed by atoms with Gasteiger partial charge in [0.1, 0.15) is 4.75 Å². The molecule has 0 aliphatic carbocycles. The van der Waals surface area contributed by atoms with Gasteiger partial charge in [0, 0.05) is 23.4 Å². The van der Waals surface area contributed by atoms with E-state index in [-0.39, 0.29) is 17.7 Å². The van der Waals surface area contributed by atoms with Gasteiger partial charge in [-0.05, 0) is 56.3 Å². The average molecular weight is 549 g/mol. The number of hydrogen-bond donors (Lipinski definition) is 1. The maximum atomic E-state index is 14.3. The van der Waals surface area contributed by atoms with Crippen molar-refractivity contribution in [1.82, 2.24) is 14.9 Å². The van der Waals surface area contributed by atoms with Crippen LogP contribution in [0.2, 0.25) is 0 Å². The molecular formula is C28H28N4O4S2. The molecule has 1 N–H and O–H groups in total. The van der Waals surface area contributed by atoms with Gasteiger partial charge < -0.3 is 9.32 Å². The second-order valence-electron chi connectivity index (χ2n) is 10.00. The summed E-state index contributed by atoms with van der Waals surface area (Å²) >= 11 is 1.07. The van der Waals surface area contributed by atoms with Crippen LogP contribution in [0.1, 0.15) is 31.9 Å². The number of thioether (sulfide) groups is 1. The molecule has 0 saturated heterocycles. The molecule has 38 heavy (non-hydrogen) atoms. The summed E-state index contributed by atoms with van der Waals surface area (Å²) in [6.45, 7) is 5.01. The minimum atomic E-state index is -3.76. The minimum Gasteiger partial charge on any atom is -0.411 e. The summed E-state index contributed by atoms with van der Waals surface area (Å²) in [6, 6.07) is 26.4. The van der Waals surface area contributed by atoms with Crippen LogP contribution in [0.5, 0.6) is 0 Å². The minimum absolute atomic E-state index is 0.170. The first-order valence-corrected chi connectivity index (χ1v) is 14.4. The van der Waals surface area contributed by atoms with Gasteiger partial charge in [-0.3, -0.25) is 4.79 Å². The number of fused-ring (bicyclic) bond motifs is 1. The van der Waals surface area contributed by atoms with Crippen molar-refractivity contribution < 1.29 is 17.6 Å². The molecule has 1 unspecified atom stereocenters. The van der Waals surface area contributed by atoms with Crippen molar-refractivity contribution in [2.75, 3.05) is 11.4 Å². The van der Waals surface area contributed by atoms with Gasteiger partial charge in [0.05, 0.1) is 11.3 Å². The van der Waals surface area contributed by atoms with E-state index < -0.39 is 19.5 Å². The van der Waals surface area contributed by atoms with Gasteiger partial charge >= 0.3 is 0 Å². The molecule has 8 nitrogen and oxygen atoms in total. The molecule has 1 aromatic heterocycles. The molecule has 4 aromatic rings. The summed E-state index contributed by atoms with van der Waals surface area (Å²) in [6.07, 6.45) is 0. The highest BCUT2D eigenvalue weighted by Gasteiger charge is 2.53. The Morgan fingerprint density at radius 2 is 1.55 bits per heavy atom. The molecule has 0 saturated carbocycles. The maximum Gasteiger partial charge on any atom is 0.278 e. The van der Waals surface area contributed by atoms with Crippen molar-refractivity contribution >= 4 is 33.4 Å². The fourth-order valence-corrected chi connectivity index (χ4v) is 6.29. The second-order valence-corrected chi connectivity index (χ2v) is 13.8. The number of rotatable bonds is 8. The Morgan fingerprint density at radius 1 is 0.921 bits per heavy atom. The number of amides is 1. The summed E-state index contributed by atoms with van der Waals surface area (Å²) < 4.78 is 32.4. The Hall–Kier alpha value is -3.47. The molecule has 0 bridgehead atoms. The van der Waals surface area contributed by atoms with Gasteiger partial charge in [0.2, 0.25) is 21.8 Å². The van der Waals surface area contributed by atoms with E-state index in [2.05, 4.69) is 14.9 Å². The number of hydrogen-bond acceptors (Lipinski definition) is 7. The standard InChI is InChI=1S/C28H28N4O4S2/c1-27(2,3)38(34,35)29-19-28(37-26-31-30-24(36-26)21-14-8-5-9-15-21)22-16-10-11-17-23(22)32(25(28)33)18-20-12-6-4-7-13-20/h4-17,29H,18-19H2,1-3H3. The van der Waals surface area contributed by atoms with Crippen molar-refractivity contribution in [2.24, 2.45) is 0 Å². The number of anilines is 1. The van der Waals surface area contributed by atoms with E-state index in [1.165, 1.54) is 0 Å². The average Bonchev–Trinajstić information content (AvgIpc) is 3.46. The Kier molecular flexibility index (Phi) is 6.89. The van der Waals surface area contributed by atoms with E-state index in [1.807, 2.05) is 84.9 Å². The number of nitrogens with one attached hydrogen (secondary N) is 1. The molecule has 1 aliphatic heterocycles. The molecule has 196 valence electrons. The first-order valence-electron chi connectivity index (χ1n) is 12.1. The number of carbonyl (C=O) groups is 1. The lowest BCUT2D eigenvalue weighted by Crippen LogP contribution is -2.49. The van der Waals surface area contributed by atoms with E-state index in [4.69, 9.17) is 4.42 Å². The van der Waals surface area contributed by atoms with E-state index in [1.54, 1.807) is 25.7 Å². The molecule has 0 fully saturated rings. The third-order valence-electron chi connectivity index (χ3n) is 6.41. The van der Waals surface area contributed by atoms with Gasteiger partial charge in [-0.25, -0.2) is 13.1 Å². The van der Waals surface area contributed by atoms with Gasteiger partial charge in [0.25, 0.3) is 5.22 Å². The van der Waals surface area contributed by atoms with Gasteiger partial charge in [-0.2, -0.15) is 0 Å². The third kappa shape index (κ3) is 4.87. The number of carbonyl (C=O) groups excluding carboxylic acids is 1. The lowest BCUT2D eigenvalue weighted by molar-refractivity contribution is -0.120. The van der Waals surface area contributed by atoms with E-state index in [0.717, 1.165) is 22.9 Å². The largest absolute Gasteiger partial charge is 0.411 e. The predicted octanol–water partition coefficient (Wildman–Crippen LogP) is 4.99. The quantitative estimate of drug-likeness (QED) is 0.331. The Morgan fingerprint density at radius 3 is 2.24 bits per heavy atom. The maximum absolute atomic E-state index is 14.3. The van der Waals surface area contributed by atoms with Crippen LogP contribution in [-0.4, -0.2) is 35.8 Å². The highest BCUT2D eigenvalue weighted by atomic mass is 32.2. The molecule has 3 aromatic carbocycles. The van der Waals surface area contributed by atoms with Gasteiger partial charge in [-0.15, -0.1) is 10.2 Å². The van der Waals surface area contributed by atoms with Crippen LogP contribution in [0.3, 0.4) is 0 Å². The molecule has 0 spiro atoms. The lowest BCUT2D eigenvalue weighted by atomic mass is 10.00. The normalized spacial score (nSPS) is 17.6. The molecular weight excluding hydrogens is 520 g/mol. The summed E-state index contributed by atoms with van der Waals surface area (Å²) in [5.41, 5.74) is 3.10. The summed E-state index contributed by atoms with van der Waals surface area (Å²) in [5.74, 6) is 0.0574. The van der Waals surface area contributed by atoms with Crippen molar-refractivity contribution in [3.8, 4) is 11.5 Å². The zero-order chi connectivity index (χ0) is 27.0. The Labute approximate surface area is 226 Å². The van der Waals surface area contributed by atoms with Crippen molar-refractivity contribution in [3.05, 3.63) is 96.1 Å². The summed E-state index contributed by atoms with van der Waals surface area (Å²) in [4.78, 5) is 16.0. The molecule has 1 amide bonds. The van der Waals surface area contributed by atoms with Crippen molar-refractivity contribution in [3.63, 3.8) is 0 Å². The first kappa shape index (κ1) is 26.1. The highest BCUT2D eigenvalue weighted by Crippen LogP contribution is 2.51. The molecule has 1 aliphatic rings. The Balaban J connectivity index is 1.57. The topological polar surface area (TPSA) is 105 Å². The molecule has 2 heterocycles. The summed E-state index contributed by atoms with van der Waals surface area (Å²) in [7, 11) is -3.76. The number of para-hydroxylation sites is 1.